The van der Waals surface area contributed by atoms with Crippen molar-refractivity contribution >= 4 is 38.2 Å². The van der Waals surface area contributed by atoms with E-state index in [-0.39, 0.29) is 18.0 Å². The maximum atomic E-state index is 12.2. The van der Waals surface area contributed by atoms with Gasteiger partial charge in [-0.15, -0.1) is 0 Å². The lowest BCUT2D eigenvalue weighted by molar-refractivity contribution is -0.384. The number of fused-ring (bicyclic) bond motifs is 1. The van der Waals surface area contributed by atoms with Gasteiger partial charge < -0.3 is 5.32 Å². The fourth-order valence-corrected chi connectivity index (χ4v) is 3.27. The second-order valence-electron chi connectivity index (χ2n) is 5.46. The first-order valence-corrected chi connectivity index (χ1v) is 8.15. The molecule has 0 saturated heterocycles. The number of aryl methyl sites for hydroxylation is 2. The van der Waals surface area contributed by atoms with Crippen LogP contribution in [0.15, 0.2) is 36.4 Å². The molecule has 1 heterocycles. The number of carbonyl (C=O) groups excluding carboxylic acids is 1. The summed E-state index contributed by atoms with van der Waals surface area (Å²) in [5.74, 6) is -0.217. The minimum absolute atomic E-state index is 0.0407. The van der Waals surface area contributed by atoms with Crippen molar-refractivity contribution in [3.63, 3.8) is 0 Å². The number of aromatic nitrogens is 1. The highest BCUT2D eigenvalue weighted by atomic mass is 32.1. The molecular formula is C17H15N3O3S. The van der Waals surface area contributed by atoms with E-state index in [0.29, 0.717) is 10.7 Å². The van der Waals surface area contributed by atoms with Crippen molar-refractivity contribution in [3.05, 3.63) is 63.2 Å². The molecule has 0 saturated carbocycles. The van der Waals surface area contributed by atoms with Crippen LogP contribution in [-0.2, 0) is 0 Å². The van der Waals surface area contributed by atoms with Gasteiger partial charge in [0.2, 0.25) is 0 Å². The molecule has 0 unspecified atom stereocenters. The summed E-state index contributed by atoms with van der Waals surface area (Å²) in [4.78, 5) is 27.0. The molecule has 7 heteroatoms. The molecule has 122 valence electrons. The number of nitrogens with zero attached hydrogens (tertiary/aromatic N) is 2. The lowest BCUT2D eigenvalue weighted by atomic mass is 10.1. The van der Waals surface area contributed by atoms with Crippen LogP contribution in [0.5, 0.6) is 0 Å². The normalized spacial score (nSPS) is 10.8. The zero-order valence-corrected chi connectivity index (χ0v) is 14.0. The molecule has 0 fully saturated rings. The number of anilines is 1. The third-order valence-electron chi connectivity index (χ3n) is 3.86. The number of Topliss-reactive ketones (excluding diaryl/α,β-unsaturated/α-hetero) is 1. The number of ketones is 1. The van der Waals surface area contributed by atoms with Crippen LogP contribution in [0.4, 0.5) is 10.8 Å². The number of nitro groups is 1. The summed E-state index contributed by atoms with van der Waals surface area (Å²) in [6.45, 7) is 4.10. The number of benzene rings is 2. The molecule has 0 amide bonds. The Kier molecular flexibility index (Phi) is 4.26. The van der Waals surface area contributed by atoms with Gasteiger partial charge in [-0.25, -0.2) is 4.98 Å². The fraction of sp³-hybridized carbons (Fsp3) is 0.176. The van der Waals surface area contributed by atoms with Gasteiger partial charge in [-0.2, -0.15) is 0 Å². The maximum Gasteiger partial charge on any atom is 0.270 e. The third-order valence-corrected chi connectivity index (χ3v) is 4.84. The summed E-state index contributed by atoms with van der Waals surface area (Å²) >= 11 is 1.48. The van der Waals surface area contributed by atoms with Gasteiger partial charge in [-0.3, -0.25) is 14.9 Å². The minimum atomic E-state index is -0.511. The van der Waals surface area contributed by atoms with Crippen LogP contribution < -0.4 is 5.32 Å². The second-order valence-corrected chi connectivity index (χ2v) is 6.49. The fourth-order valence-electron chi connectivity index (χ4n) is 2.35. The number of hydrogen-bond acceptors (Lipinski definition) is 6. The van der Waals surface area contributed by atoms with Crippen LogP contribution in [0, 0.1) is 24.0 Å². The Bertz CT molecular complexity index is 949. The quantitative estimate of drug-likeness (QED) is 0.429. The highest BCUT2D eigenvalue weighted by molar-refractivity contribution is 7.22. The molecule has 3 aromatic rings. The molecular weight excluding hydrogens is 326 g/mol. The van der Waals surface area contributed by atoms with Crippen LogP contribution in [-0.4, -0.2) is 22.2 Å². The van der Waals surface area contributed by atoms with Crippen molar-refractivity contribution in [3.8, 4) is 0 Å². The van der Waals surface area contributed by atoms with E-state index in [9.17, 15) is 14.9 Å². The van der Waals surface area contributed by atoms with E-state index in [1.165, 1.54) is 35.1 Å². The first-order chi connectivity index (χ1) is 11.5. The molecule has 24 heavy (non-hydrogen) atoms. The highest BCUT2D eigenvalue weighted by Gasteiger charge is 2.13. The van der Waals surface area contributed by atoms with E-state index >= 15 is 0 Å². The van der Waals surface area contributed by atoms with E-state index in [1.54, 1.807) is 6.07 Å². The van der Waals surface area contributed by atoms with Crippen molar-refractivity contribution in [2.24, 2.45) is 0 Å². The number of hydrogen-bond donors (Lipinski definition) is 1. The summed E-state index contributed by atoms with van der Waals surface area (Å²) in [5.41, 5.74) is 3.45. The molecule has 1 aromatic heterocycles. The van der Waals surface area contributed by atoms with Gasteiger partial charge in [-0.05, 0) is 31.0 Å². The van der Waals surface area contributed by atoms with Gasteiger partial charge >= 0.3 is 0 Å². The molecule has 0 radical (unpaired) electrons. The Balaban J connectivity index is 1.76. The average molecular weight is 341 g/mol. The van der Waals surface area contributed by atoms with E-state index in [2.05, 4.69) is 10.3 Å². The molecule has 0 bridgehead atoms. The monoisotopic (exact) mass is 341 g/mol. The summed E-state index contributed by atoms with van der Waals surface area (Å²) in [5, 5.41) is 14.5. The van der Waals surface area contributed by atoms with Gasteiger partial charge in [0.15, 0.2) is 10.9 Å². The second kappa shape index (κ2) is 6.37. The first kappa shape index (κ1) is 16.1. The molecule has 2 aromatic carbocycles. The summed E-state index contributed by atoms with van der Waals surface area (Å²) in [6, 6.07) is 9.80. The lowest BCUT2D eigenvalue weighted by Crippen LogP contribution is -2.14. The number of nitro benzene ring substituents is 1. The SMILES string of the molecule is Cc1ccc2sc(NCC(=O)c3cccc([N+](=O)[O-])c3)nc2c1C. The van der Waals surface area contributed by atoms with Crippen LogP contribution in [0.3, 0.4) is 0 Å². The van der Waals surface area contributed by atoms with Crippen molar-refractivity contribution in [1.29, 1.82) is 0 Å². The van der Waals surface area contributed by atoms with Crippen molar-refractivity contribution in [2.45, 2.75) is 13.8 Å². The molecule has 0 spiro atoms. The molecule has 0 aliphatic carbocycles. The van der Waals surface area contributed by atoms with Gasteiger partial charge in [0.25, 0.3) is 5.69 Å². The standard InChI is InChI=1S/C17H15N3O3S/c1-10-6-7-15-16(11(10)2)19-17(24-15)18-9-14(21)12-4-3-5-13(8-12)20(22)23/h3-8H,9H2,1-2H3,(H,18,19). The lowest BCUT2D eigenvalue weighted by Gasteiger charge is -2.02. The van der Waals surface area contributed by atoms with Crippen LogP contribution >= 0.6 is 11.3 Å². The number of nitrogens with one attached hydrogen (secondary N) is 1. The summed E-state index contributed by atoms with van der Waals surface area (Å²) in [6.07, 6.45) is 0. The Labute approximate surface area is 142 Å². The maximum absolute atomic E-state index is 12.2. The van der Waals surface area contributed by atoms with E-state index in [1.807, 2.05) is 26.0 Å². The van der Waals surface area contributed by atoms with Crippen molar-refractivity contribution in [2.75, 3.05) is 11.9 Å². The first-order valence-electron chi connectivity index (χ1n) is 7.34. The Morgan fingerprint density at radius 2 is 2.08 bits per heavy atom. The largest absolute Gasteiger partial charge is 0.354 e. The van der Waals surface area contributed by atoms with Gasteiger partial charge in [0.05, 0.1) is 21.7 Å². The molecule has 0 aliphatic rings. The van der Waals surface area contributed by atoms with E-state index in [0.717, 1.165) is 15.8 Å². The Morgan fingerprint density at radius 1 is 1.29 bits per heavy atom. The molecule has 6 nitrogen and oxygen atoms in total. The van der Waals surface area contributed by atoms with E-state index < -0.39 is 4.92 Å². The van der Waals surface area contributed by atoms with Gasteiger partial charge in [0.1, 0.15) is 0 Å². The predicted molar refractivity (Wildman–Crippen MR) is 95.0 cm³/mol. The Morgan fingerprint density at radius 3 is 2.83 bits per heavy atom. The number of rotatable bonds is 5. The van der Waals surface area contributed by atoms with Crippen LogP contribution in [0.25, 0.3) is 10.2 Å². The predicted octanol–water partition coefficient (Wildman–Crippen LogP) is 4.12. The van der Waals surface area contributed by atoms with Crippen LogP contribution in [0.1, 0.15) is 21.5 Å². The molecule has 0 atom stereocenters. The highest BCUT2D eigenvalue weighted by Crippen LogP contribution is 2.29. The zero-order chi connectivity index (χ0) is 17.3. The molecule has 0 aliphatic heterocycles. The molecule has 1 N–H and O–H groups in total. The molecule has 3 rings (SSSR count). The van der Waals surface area contributed by atoms with E-state index in [4.69, 9.17) is 0 Å². The average Bonchev–Trinajstić information content (AvgIpc) is 3.00. The van der Waals surface area contributed by atoms with Gasteiger partial charge in [0, 0.05) is 17.7 Å². The Hall–Kier alpha value is -2.80. The number of non-ortho nitro benzene ring substituents is 1. The third kappa shape index (κ3) is 3.11. The summed E-state index contributed by atoms with van der Waals surface area (Å²) < 4.78 is 1.06. The van der Waals surface area contributed by atoms with Gasteiger partial charge in [-0.1, -0.05) is 29.5 Å². The minimum Gasteiger partial charge on any atom is -0.354 e. The van der Waals surface area contributed by atoms with Crippen molar-refractivity contribution in [1.82, 2.24) is 4.98 Å². The van der Waals surface area contributed by atoms with Crippen LogP contribution in [0.2, 0.25) is 0 Å². The summed E-state index contributed by atoms with van der Waals surface area (Å²) in [7, 11) is 0. The van der Waals surface area contributed by atoms with Crippen molar-refractivity contribution < 1.29 is 9.72 Å². The number of carbonyl (C=O) groups is 1. The zero-order valence-electron chi connectivity index (χ0n) is 13.2. The topological polar surface area (TPSA) is 85.1 Å². The smallest absolute Gasteiger partial charge is 0.270 e. The number of thiazole rings is 1.